The first-order valence-corrected chi connectivity index (χ1v) is 5.03. The summed E-state index contributed by atoms with van der Waals surface area (Å²) in [6.07, 6.45) is 3.70. The highest BCUT2D eigenvalue weighted by Crippen LogP contribution is 2.04. The Morgan fingerprint density at radius 1 is 1.27 bits per heavy atom. The number of anilines is 2. The third kappa shape index (κ3) is 4.81. The smallest absolute Gasteiger partial charge is 0.148 e. The predicted octanol–water partition coefficient (Wildman–Crippen LogP) is 1.55. The highest BCUT2D eigenvalue weighted by molar-refractivity contribution is 5.38. The van der Waals surface area contributed by atoms with Crippen molar-refractivity contribution in [3.8, 4) is 6.07 Å². The third-order valence-electron chi connectivity index (χ3n) is 1.96. The fourth-order valence-corrected chi connectivity index (χ4v) is 1.16. The van der Waals surface area contributed by atoms with Crippen LogP contribution in [0.15, 0.2) is 12.1 Å². The number of aromatic nitrogens is 2. The Balaban J connectivity index is 2.10. The van der Waals surface area contributed by atoms with Gasteiger partial charge in [0.2, 0.25) is 0 Å². The average molecular weight is 205 g/mol. The summed E-state index contributed by atoms with van der Waals surface area (Å²) in [6, 6.07) is 5.64. The van der Waals surface area contributed by atoms with Crippen molar-refractivity contribution in [2.45, 2.75) is 25.7 Å². The van der Waals surface area contributed by atoms with Crippen LogP contribution in [-0.4, -0.2) is 16.7 Å². The summed E-state index contributed by atoms with van der Waals surface area (Å²) in [6.45, 7) is 0.851. The maximum atomic E-state index is 8.33. The van der Waals surface area contributed by atoms with E-state index in [0.717, 1.165) is 31.6 Å². The summed E-state index contributed by atoms with van der Waals surface area (Å²) in [7, 11) is 0. The molecule has 0 aliphatic heterocycles. The normalized spacial score (nSPS) is 9.53. The summed E-state index contributed by atoms with van der Waals surface area (Å²) < 4.78 is 0. The Bertz CT molecular complexity index is 314. The number of nitrogens with two attached hydrogens (primary N) is 1. The second kappa shape index (κ2) is 6.60. The SMILES string of the molecule is N#CCCCCCNc1ccc(N)nn1. The van der Waals surface area contributed by atoms with Gasteiger partial charge in [-0.05, 0) is 25.0 Å². The van der Waals surface area contributed by atoms with Crippen LogP contribution in [-0.2, 0) is 0 Å². The van der Waals surface area contributed by atoms with Gasteiger partial charge < -0.3 is 11.1 Å². The van der Waals surface area contributed by atoms with Crippen molar-refractivity contribution in [3.05, 3.63) is 12.1 Å². The van der Waals surface area contributed by atoms with Crippen LogP contribution in [0.25, 0.3) is 0 Å². The molecule has 5 heteroatoms. The number of nitrogens with one attached hydrogen (secondary N) is 1. The van der Waals surface area contributed by atoms with Gasteiger partial charge in [-0.25, -0.2) is 0 Å². The maximum absolute atomic E-state index is 8.33. The molecule has 1 aromatic heterocycles. The molecular formula is C10H15N5. The molecule has 0 aliphatic carbocycles. The molecule has 15 heavy (non-hydrogen) atoms. The van der Waals surface area contributed by atoms with E-state index in [1.807, 2.05) is 0 Å². The Kier molecular flexibility index (Phi) is 4.95. The predicted molar refractivity (Wildman–Crippen MR) is 59.0 cm³/mol. The van der Waals surface area contributed by atoms with E-state index in [1.54, 1.807) is 12.1 Å². The van der Waals surface area contributed by atoms with E-state index in [4.69, 9.17) is 11.0 Å². The van der Waals surface area contributed by atoms with Crippen LogP contribution in [0.1, 0.15) is 25.7 Å². The van der Waals surface area contributed by atoms with Gasteiger partial charge in [-0.3, -0.25) is 0 Å². The number of nitrogen functional groups attached to an aromatic ring is 1. The third-order valence-corrected chi connectivity index (χ3v) is 1.96. The van der Waals surface area contributed by atoms with Crippen molar-refractivity contribution in [2.24, 2.45) is 0 Å². The molecule has 0 atom stereocenters. The van der Waals surface area contributed by atoms with Crippen LogP contribution in [0.2, 0.25) is 0 Å². The van der Waals surface area contributed by atoms with Crippen LogP contribution in [0.3, 0.4) is 0 Å². The topological polar surface area (TPSA) is 87.6 Å². The van der Waals surface area contributed by atoms with Gasteiger partial charge in [0.25, 0.3) is 0 Å². The van der Waals surface area contributed by atoms with Crippen LogP contribution in [0.5, 0.6) is 0 Å². The second-order valence-electron chi connectivity index (χ2n) is 3.24. The molecule has 0 aromatic carbocycles. The lowest BCUT2D eigenvalue weighted by Gasteiger charge is -2.03. The second-order valence-corrected chi connectivity index (χ2v) is 3.24. The van der Waals surface area contributed by atoms with Crippen LogP contribution in [0.4, 0.5) is 11.6 Å². The molecule has 0 saturated heterocycles. The number of unbranched alkanes of at least 4 members (excludes halogenated alkanes) is 3. The van der Waals surface area contributed by atoms with E-state index in [9.17, 15) is 0 Å². The van der Waals surface area contributed by atoms with Crippen LogP contribution < -0.4 is 11.1 Å². The van der Waals surface area contributed by atoms with Gasteiger partial charge in [0.15, 0.2) is 0 Å². The van der Waals surface area contributed by atoms with E-state index < -0.39 is 0 Å². The van der Waals surface area contributed by atoms with Gasteiger partial charge in [-0.2, -0.15) is 5.26 Å². The lowest BCUT2D eigenvalue weighted by Crippen LogP contribution is -2.04. The fourth-order valence-electron chi connectivity index (χ4n) is 1.16. The Hall–Kier alpha value is -1.83. The number of rotatable bonds is 6. The molecule has 0 spiro atoms. The van der Waals surface area contributed by atoms with E-state index >= 15 is 0 Å². The molecule has 0 fully saturated rings. The standard InChI is InChI=1S/C10H15N5/c11-7-3-1-2-4-8-13-10-6-5-9(12)14-15-10/h5-6H,1-4,8H2,(H2,12,14)(H,13,15). The first kappa shape index (κ1) is 11.2. The van der Waals surface area contributed by atoms with E-state index in [1.165, 1.54) is 0 Å². The summed E-state index contributed by atoms with van der Waals surface area (Å²) >= 11 is 0. The molecule has 0 radical (unpaired) electrons. The van der Waals surface area contributed by atoms with E-state index in [-0.39, 0.29) is 0 Å². The Morgan fingerprint density at radius 3 is 2.80 bits per heavy atom. The number of nitriles is 1. The average Bonchev–Trinajstić information content (AvgIpc) is 2.26. The van der Waals surface area contributed by atoms with Crippen molar-refractivity contribution in [1.29, 1.82) is 5.26 Å². The number of hydrogen-bond acceptors (Lipinski definition) is 5. The molecule has 0 bridgehead atoms. The summed E-state index contributed by atoms with van der Waals surface area (Å²) in [5, 5.41) is 19.1. The highest BCUT2D eigenvalue weighted by atomic mass is 15.2. The van der Waals surface area contributed by atoms with Crippen LogP contribution in [0, 0.1) is 11.3 Å². The zero-order valence-corrected chi connectivity index (χ0v) is 8.61. The first-order valence-electron chi connectivity index (χ1n) is 5.03. The van der Waals surface area contributed by atoms with Crippen molar-refractivity contribution in [2.75, 3.05) is 17.6 Å². The molecule has 0 saturated carbocycles. The first-order chi connectivity index (χ1) is 7.33. The van der Waals surface area contributed by atoms with Gasteiger partial charge in [0.05, 0.1) is 6.07 Å². The van der Waals surface area contributed by atoms with Crippen LogP contribution >= 0.6 is 0 Å². The van der Waals surface area contributed by atoms with Crippen molar-refractivity contribution >= 4 is 11.6 Å². The monoisotopic (exact) mass is 205 g/mol. The zero-order chi connectivity index (χ0) is 10.9. The highest BCUT2D eigenvalue weighted by Gasteiger charge is 1.94. The quantitative estimate of drug-likeness (QED) is 0.688. The van der Waals surface area contributed by atoms with Gasteiger partial charge in [-0.1, -0.05) is 6.42 Å². The lowest BCUT2D eigenvalue weighted by molar-refractivity contribution is 0.710. The molecule has 0 unspecified atom stereocenters. The van der Waals surface area contributed by atoms with E-state index in [2.05, 4.69) is 21.6 Å². The molecular weight excluding hydrogens is 190 g/mol. The molecule has 1 rings (SSSR count). The largest absolute Gasteiger partial charge is 0.382 e. The van der Waals surface area contributed by atoms with Gasteiger partial charge >= 0.3 is 0 Å². The number of nitrogens with zero attached hydrogens (tertiary/aromatic N) is 3. The maximum Gasteiger partial charge on any atom is 0.148 e. The minimum atomic E-state index is 0.426. The van der Waals surface area contributed by atoms with Crippen molar-refractivity contribution in [1.82, 2.24) is 10.2 Å². The summed E-state index contributed by atoms with van der Waals surface area (Å²) in [4.78, 5) is 0. The summed E-state index contributed by atoms with van der Waals surface area (Å²) in [5.74, 6) is 1.17. The summed E-state index contributed by atoms with van der Waals surface area (Å²) in [5.41, 5.74) is 5.40. The van der Waals surface area contributed by atoms with E-state index in [0.29, 0.717) is 12.2 Å². The molecule has 1 aromatic rings. The molecule has 1 heterocycles. The van der Waals surface area contributed by atoms with Crippen molar-refractivity contribution in [3.63, 3.8) is 0 Å². The molecule has 0 aliphatic rings. The Labute approximate surface area is 89.3 Å². The Morgan fingerprint density at radius 2 is 2.13 bits per heavy atom. The van der Waals surface area contributed by atoms with Gasteiger partial charge in [-0.15, -0.1) is 10.2 Å². The molecule has 80 valence electrons. The lowest BCUT2D eigenvalue weighted by atomic mass is 10.2. The number of hydrogen-bond donors (Lipinski definition) is 2. The molecule has 3 N–H and O–H groups in total. The van der Waals surface area contributed by atoms with Crippen molar-refractivity contribution < 1.29 is 0 Å². The molecule has 5 nitrogen and oxygen atoms in total. The molecule has 0 amide bonds. The minimum Gasteiger partial charge on any atom is -0.382 e. The van der Waals surface area contributed by atoms with Gasteiger partial charge in [0.1, 0.15) is 11.6 Å². The van der Waals surface area contributed by atoms with Gasteiger partial charge in [0, 0.05) is 13.0 Å². The minimum absolute atomic E-state index is 0.426. The fraction of sp³-hybridized carbons (Fsp3) is 0.500. The zero-order valence-electron chi connectivity index (χ0n) is 8.61.